The van der Waals surface area contributed by atoms with Gasteiger partial charge in [0, 0.05) is 18.4 Å². The zero-order valence-corrected chi connectivity index (χ0v) is 13.5. The Hall–Kier alpha value is -1.89. The van der Waals surface area contributed by atoms with Gasteiger partial charge in [-0.2, -0.15) is 5.10 Å². The molecule has 0 fully saturated rings. The molecule has 0 atom stereocenters. The van der Waals surface area contributed by atoms with E-state index in [4.69, 9.17) is 4.74 Å². The van der Waals surface area contributed by atoms with E-state index in [9.17, 15) is 10.1 Å². The number of aromatic nitrogens is 2. The highest BCUT2D eigenvalue weighted by Gasteiger charge is 2.16. The first kappa shape index (κ1) is 15.5. The van der Waals surface area contributed by atoms with Crippen molar-refractivity contribution in [3.05, 3.63) is 51.3 Å². The fourth-order valence-electron chi connectivity index (χ4n) is 1.94. The summed E-state index contributed by atoms with van der Waals surface area (Å²) in [4.78, 5) is 10.6. The lowest BCUT2D eigenvalue weighted by Crippen LogP contribution is -2.04. The molecule has 112 valence electrons. The third-order valence-electron chi connectivity index (χ3n) is 3.14. The molecule has 0 unspecified atom stereocenters. The summed E-state index contributed by atoms with van der Waals surface area (Å²) in [6.45, 7) is 2.27. The van der Waals surface area contributed by atoms with Gasteiger partial charge in [-0.3, -0.25) is 14.8 Å². The first-order chi connectivity index (χ1) is 10.0. The minimum absolute atomic E-state index is 0.0300. The fraction of sp³-hybridized carbons (Fsp3) is 0.357. The molecule has 1 heterocycles. The van der Waals surface area contributed by atoms with Gasteiger partial charge in [-0.1, -0.05) is 28.9 Å². The monoisotopic (exact) mass is 353 g/mol. The number of rotatable bonds is 6. The lowest BCUT2D eigenvalue weighted by Gasteiger charge is -2.08. The van der Waals surface area contributed by atoms with Crippen molar-refractivity contribution in [2.75, 3.05) is 0 Å². The van der Waals surface area contributed by atoms with Crippen LogP contribution >= 0.6 is 15.9 Å². The predicted octanol–water partition coefficient (Wildman–Crippen LogP) is 3.36. The standard InChI is InChI=1S/C14H16BrN3O3/c1-3-11-7-12(17(2)16-11)9-21-14-6-10(8-15)4-5-13(14)18(19)20/h4-7H,3,8-9H2,1-2H3. The molecule has 2 aromatic rings. The molecule has 0 bridgehead atoms. The zero-order chi connectivity index (χ0) is 15.4. The molecular weight excluding hydrogens is 338 g/mol. The van der Waals surface area contributed by atoms with E-state index in [1.54, 1.807) is 16.8 Å². The molecule has 0 aliphatic heterocycles. The summed E-state index contributed by atoms with van der Waals surface area (Å²) in [5, 5.41) is 16.0. The number of alkyl halides is 1. The number of benzene rings is 1. The normalized spacial score (nSPS) is 10.6. The van der Waals surface area contributed by atoms with Gasteiger partial charge in [-0.25, -0.2) is 0 Å². The molecular formula is C14H16BrN3O3. The largest absolute Gasteiger partial charge is 0.480 e. The van der Waals surface area contributed by atoms with E-state index < -0.39 is 4.92 Å². The quantitative estimate of drug-likeness (QED) is 0.453. The summed E-state index contributed by atoms with van der Waals surface area (Å²) < 4.78 is 7.38. The highest BCUT2D eigenvalue weighted by Crippen LogP contribution is 2.29. The number of halogens is 1. The molecule has 0 saturated carbocycles. The molecule has 7 heteroatoms. The van der Waals surface area contributed by atoms with Crippen LogP contribution in [0.25, 0.3) is 0 Å². The minimum atomic E-state index is -0.436. The van der Waals surface area contributed by atoms with Crippen molar-refractivity contribution in [2.24, 2.45) is 7.05 Å². The summed E-state index contributed by atoms with van der Waals surface area (Å²) in [5.74, 6) is 0.274. The Morgan fingerprint density at radius 2 is 2.19 bits per heavy atom. The van der Waals surface area contributed by atoms with Crippen LogP contribution in [-0.4, -0.2) is 14.7 Å². The van der Waals surface area contributed by atoms with Gasteiger partial charge in [0.25, 0.3) is 0 Å². The zero-order valence-electron chi connectivity index (χ0n) is 11.9. The number of hydrogen-bond acceptors (Lipinski definition) is 4. The molecule has 1 aromatic heterocycles. The van der Waals surface area contributed by atoms with Crippen molar-refractivity contribution in [3.63, 3.8) is 0 Å². The topological polar surface area (TPSA) is 70.2 Å². The number of aryl methyl sites for hydroxylation is 2. The minimum Gasteiger partial charge on any atom is -0.480 e. The van der Waals surface area contributed by atoms with Gasteiger partial charge in [0.1, 0.15) is 6.61 Å². The van der Waals surface area contributed by atoms with Crippen molar-refractivity contribution in [2.45, 2.75) is 25.3 Å². The van der Waals surface area contributed by atoms with Crippen LogP contribution < -0.4 is 4.74 Å². The molecule has 21 heavy (non-hydrogen) atoms. The Labute approximate surface area is 131 Å². The van der Waals surface area contributed by atoms with Crippen molar-refractivity contribution in [1.29, 1.82) is 0 Å². The molecule has 0 aliphatic carbocycles. The SMILES string of the molecule is CCc1cc(COc2cc(CBr)ccc2[N+](=O)[O-])n(C)n1. The van der Waals surface area contributed by atoms with E-state index >= 15 is 0 Å². The molecule has 0 saturated heterocycles. The van der Waals surface area contributed by atoms with Crippen LogP contribution in [0.1, 0.15) is 23.9 Å². The van der Waals surface area contributed by atoms with Crippen LogP contribution in [-0.2, 0) is 25.4 Å². The fourth-order valence-corrected chi connectivity index (χ4v) is 2.29. The van der Waals surface area contributed by atoms with Gasteiger partial charge in [0.05, 0.1) is 16.3 Å². The molecule has 0 aliphatic rings. The molecule has 0 radical (unpaired) electrons. The summed E-state index contributed by atoms with van der Waals surface area (Å²) in [5.41, 5.74) is 2.75. The molecule has 0 spiro atoms. The van der Waals surface area contributed by atoms with Crippen LogP contribution in [0, 0.1) is 10.1 Å². The highest BCUT2D eigenvalue weighted by atomic mass is 79.9. The Bertz CT molecular complexity index is 655. The van der Waals surface area contributed by atoms with Crippen LogP contribution in [0.15, 0.2) is 24.3 Å². The average Bonchev–Trinajstić information content (AvgIpc) is 2.85. The number of nitro benzene ring substituents is 1. The second-order valence-corrected chi connectivity index (χ2v) is 5.15. The second kappa shape index (κ2) is 6.71. The van der Waals surface area contributed by atoms with Crippen molar-refractivity contribution >= 4 is 21.6 Å². The van der Waals surface area contributed by atoms with Gasteiger partial charge < -0.3 is 4.74 Å². The van der Waals surface area contributed by atoms with Gasteiger partial charge in [-0.05, 0) is 24.1 Å². The van der Waals surface area contributed by atoms with Crippen molar-refractivity contribution < 1.29 is 9.66 Å². The summed E-state index contributed by atoms with van der Waals surface area (Å²) in [7, 11) is 1.83. The third-order valence-corrected chi connectivity index (χ3v) is 3.79. The maximum Gasteiger partial charge on any atom is 0.310 e. The van der Waals surface area contributed by atoms with Crippen molar-refractivity contribution in [1.82, 2.24) is 9.78 Å². The van der Waals surface area contributed by atoms with E-state index in [0.29, 0.717) is 5.33 Å². The van der Waals surface area contributed by atoms with E-state index in [-0.39, 0.29) is 18.0 Å². The smallest absolute Gasteiger partial charge is 0.310 e. The average molecular weight is 354 g/mol. The molecule has 2 rings (SSSR count). The second-order valence-electron chi connectivity index (χ2n) is 4.59. The number of nitrogens with zero attached hydrogens (tertiary/aromatic N) is 3. The third kappa shape index (κ3) is 3.60. The Kier molecular flexibility index (Phi) is 4.95. The molecule has 0 amide bonds. The van der Waals surface area contributed by atoms with Crippen molar-refractivity contribution in [3.8, 4) is 5.75 Å². The maximum absolute atomic E-state index is 11.0. The Morgan fingerprint density at radius 3 is 2.76 bits per heavy atom. The van der Waals surface area contributed by atoms with Crippen LogP contribution in [0.5, 0.6) is 5.75 Å². The molecule has 1 aromatic carbocycles. The Balaban J connectivity index is 2.21. The maximum atomic E-state index is 11.0. The van der Waals surface area contributed by atoms with Gasteiger partial charge in [0.2, 0.25) is 0 Å². The summed E-state index contributed by atoms with van der Waals surface area (Å²) in [6, 6.07) is 6.80. The first-order valence-electron chi connectivity index (χ1n) is 6.53. The lowest BCUT2D eigenvalue weighted by molar-refractivity contribution is -0.386. The number of nitro groups is 1. The summed E-state index contributed by atoms with van der Waals surface area (Å²) in [6.07, 6.45) is 0.840. The number of ether oxygens (including phenoxy) is 1. The Morgan fingerprint density at radius 1 is 1.43 bits per heavy atom. The van der Waals surface area contributed by atoms with E-state index in [0.717, 1.165) is 23.4 Å². The highest BCUT2D eigenvalue weighted by molar-refractivity contribution is 9.08. The van der Waals surface area contributed by atoms with Crippen LogP contribution in [0.3, 0.4) is 0 Å². The van der Waals surface area contributed by atoms with E-state index in [1.165, 1.54) is 6.07 Å². The van der Waals surface area contributed by atoms with Gasteiger partial charge in [0.15, 0.2) is 5.75 Å². The van der Waals surface area contributed by atoms with E-state index in [1.807, 2.05) is 20.0 Å². The van der Waals surface area contributed by atoms with Crippen LogP contribution in [0.2, 0.25) is 0 Å². The summed E-state index contributed by atoms with van der Waals surface area (Å²) >= 11 is 3.33. The molecule has 6 nitrogen and oxygen atoms in total. The molecule has 0 N–H and O–H groups in total. The van der Waals surface area contributed by atoms with Gasteiger partial charge in [-0.15, -0.1) is 0 Å². The lowest BCUT2D eigenvalue weighted by atomic mass is 10.2. The van der Waals surface area contributed by atoms with Crippen LogP contribution in [0.4, 0.5) is 5.69 Å². The predicted molar refractivity (Wildman–Crippen MR) is 82.6 cm³/mol. The van der Waals surface area contributed by atoms with E-state index in [2.05, 4.69) is 21.0 Å². The van der Waals surface area contributed by atoms with Gasteiger partial charge >= 0.3 is 5.69 Å². The first-order valence-corrected chi connectivity index (χ1v) is 7.65. The number of hydrogen-bond donors (Lipinski definition) is 0.